The maximum absolute atomic E-state index is 0. The number of hydrogen-bond acceptors (Lipinski definition) is 0. The van der Waals surface area contributed by atoms with Gasteiger partial charge in [0.1, 0.15) is 0 Å². The van der Waals surface area contributed by atoms with Crippen LogP contribution in [0, 0.1) is 0 Å². The van der Waals surface area contributed by atoms with Crippen molar-refractivity contribution in [3.8, 4) is 0 Å². The molecule has 0 spiro atoms. The fraction of sp³-hybridized carbons (Fsp3) is 0. The van der Waals surface area contributed by atoms with E-state index in [0.717, 1.165) is 0 Å². The van der Waals surface area contributed by atoms with E-state index in [1.165, 1.54) is 0 Å². The van der Waals surface area contributed by atoms with Crippen molar-refractivity contribution in [2.75, 3.05) is 0 Å². The van der Waals surface area contributed by atoms with Gasteiger partial charge in [-0.1, -0.05) is 0 Å². The van der Waals surface area contributed by atoms with E-state index in [1.54, 1.807) is 0 Å². The average Bonchev–Trinajstić information content (AvgIpc) is 0. The third-order valence-corrected chi connectivity index (χ3v) is 0. The Balaban J connectivity index is 0. The Labute approximate surface area is 87.3 Å². The number of rotatable bonds is 0. The van der Waals surface area contributed by atoms with Crippen LogP contribution in [0.25, 0.3) is 0 Å². The fourth-order valence-corrected chi connectivity index (χ4v) is 0. The first-order valence-electron chi connectivity index (χ1n) is 0. The molecule has 0 fully saturated rings. The van der Waals surface area contributed by atoms with Crippen LogP contribution in [0.5, 0.6) is 0 Å². The third-order valence-electron chi connectivity index (χ3n) is 0. The zero-order valence-corrected chi connectivity index (χ0v) is 10.5. The van der Waals surface area contributed by atoms with Gasteiger partial charge in [0.05, 0.1) is 0 Å². The van der Waals surface area contributed by atoms with Gasteiger partial charge in [-0.15, -0.1) is 0 Å². The second-order valence-electron chi connectivity index (χ2n) is 0. The summed E-state index contributed by atoms with van der Waals surface area (Å²) in [6.07, 6.45) is 0. The quantitative estimate of drug-likeness (QED) is 0.526. The van der Waals surface area contributed by atoms with E-state index in [-0.39, 0.29) is 88.9 Å². The Morgan fingerprint density at radius 1 is 1.00 bits per heavy atom. The van der Waals surface area contributed by atoms with Crippen molar-refractivity contribution in [1.29, 1.82) is 0 Å². The van der Waals surface area contributed by atoms with Crippen molar-refractivity contribution in [1.82, 2.24) is 0 Å². The number of hydrogen-bond donors (Lipinski definition) is 0. The van der Waals surface area contributed by atoms with Gasteiger partial charge in [0, 0.05) is 88.9 Å². The molecule has 18 valence electrons. The molecule has 0 aromatic rings. The molecular formula is TaTiVZr. The largest absolute Gasteiger partial charge is 0 e. The van der Waals surface area contributed by atoms with E-state index in [4.69, 9.17) is 0 Å². The summed E-state index contributed by atoms with van der Waals surface area (Å²) in [5.41, 5.74) is 0. The molecular weight excluding hydrogens is 371 g/mol. The van der Waals surface area contributed by atoms with Crippen molar-refractivity contribution in [2.24, 2.45) is 0 Å². The van der Waals surface area contributed by atoms with Gasteiger partial charge in [-0.25, -0.2) is 0 Å². The van der Waals surface area contributed by atoms with E-state index < -0.39 is 0 Å². The second-order valence-corrected chi connectivity index (χ2v) is 0. The molecule has 0 N–H and O–H groups in total. The molecule has 0 aromatic heterocycles. The minimum atomic E-state index is 0. The van der Waals surface area contributed by atoms with Crippen molar-refractivity contribution in [3.05, 3.63) is 0 Å². The van der Waals surface area contributed by atoms with Crippen LogP contribution in [0.2, 0.25) is 0 Å². The Morgan fingerprint density at radius 2 is 1.00 bits per heavy atom. The zero-order chi connectivity index (χ0) is 0. The zero-order valence-electron chi connectivity index (χ0n) is 1.89. The predicted octanol–water partition coefficient (Wildman–Crippen LogP) is -0.0100. The smallest absolute Gasteiger partial charge is 0 e. The van der Waals surface area contributed by atoms with Crippen LogP contribution in [0.15, 0.2) is 0 Å². The summed E-state index contributed by atoms with van der Waals surface area (Å²) in [7, 11) is 0. The molecule has 0 aliphatic heterocycles. The van der Waals surface area contributed by atoms with E-state index in [9.17, 15) is 0 Å². The molecule has 0 amide bonds. The summed E-state index contributed by atoms with van der Waals surface area (Å²) in [6.45, 7) is 0. The molecule has 2 radical (unpaired) electrons. The molecule has 0 nitrogen and oxygen atoms in total. The van der Waals surface area contributed by atoms with Crippen LogP contribution in [-0.2, 0) is 88.9 Å². The molecule has 4 heavy (non-hydrogen) atoms. The molecule has 0 rings (SSSR count). The van der Waals surface area contributed by atoms with Crippen molar-refractivity contribution in [3.63, 3.8) is 0 Å². The maximum atomic E-state index is 0. The van der Waals surface area contributed by atoms with Gasteiger partial charge in [0.15, 0.2) is 0 Å². The van der Waals surface area contributed by atoms with Crippen molar-refractivity contribution in [2.45, 2.75) is 0 Å². The predicted molar refractivity (Wildman–Crippen MR) is 0 cm³/mol. The van der Waals surface area contributed by atoms with Crippen molar-refractivity contribution >= 4 is 0 Å². The molecule has 4 heteroatoms. The summed E-state index contributed by atoms with van der Waals surface area (Å²) in [4.78, 5) is 0. The standard InChI is InChI=1S/Ta.Ti.V.Zr. The third kappa shape index (κ3) is 8.87. The van der Waals surface area contributed by atoms with Crippen LogP contribution in [0.3, 0.4) is 0 Å². The van der Waals surface area contributed by atoms with Gasteiger partial charge in [-0.3, -0.25) is 0 Å². The summed E-state index contributed by atoms with van der Waals surface area (Å²) in [5.74, 6) is 0. The molecule has 0 aromatic carbocycles. The SMILES string of the molecule is [Ta].[Ti].[V].[Zr]. The first-order valence-corrected chi connectivity index (χ1v) is 0. The molecule has 0 unspecified atom stereocenters. The summed E-state index contributed by atoms with van der Waals surface area (Å²) < 4.78 is 0. The minimum Gasteiger partial charge on any atom is 0 e. The molecule has 0 saturated heterocycles. The van der Waals surface area contributed by atoms with Crippen LogP contribution in [0.1, 0.15) is 0 Å². The first-order chi connectivity index (χ1) is 0. The molecule has 0 bridgehead atoms. The van der Waals surface area contributed by atoms with E-state index in [0.29, 0.717) is 0 Å². The van der Waals surface area contributed by atoms with Gasteiger partial charge < -0.3 is 0 Å². The molecule has 0 heterocycles. The Morgan fingerprint density at radius 3 is 1.00 bits per heavy atom. The van der Waals surface area contributed by atoms with Gasteiger partial charge in [-0.05, 0) is 0 Å². The van der Waals surface area contributed by atoms with Gasteiger partial charge in [-0.2, -0.15) is 0 Å². The minimum absolute atomic E-state index is 0. The topological polar surface area (TPSA) is 0 Å². The maximum Gasteiger partial charge on any atom is 0 e. The van der Waals surface area contributed by atoms with Crippen LogP contribution < -0.4 is 0 Å². The summed E-state index contributed by atoms with van der Waals surface area (Å²) in [6, 6.07) is 0. The normalized spacial score (nSPS) is 0. The van der Waals surface area contributed by atoms with Gasteiger partial charge >= 0.3 is 0 Å². The Kier molecular flexibility index (Phi) is 119. The second kappa shape index (κ2) is 16.8. The Bertz CT molecular complexity index is 8.00. The monoisotopic (exact) mass is 370 g/mol. The average molecular weight is 371 g/mol. The molecule has 0 aliphatic rings. The Hall–Kier alpha value is 2.92. The van der Waals surface area contributed by atoms with Crippen LogP contribution in [-0.4, -0.2) is 0 Å². The fourth-order valence-electron chi connectivity index (χ4n) is 0. The summed E-state index contributed by atoms with van der Waals surface area (Å²) >= 11 is 0. The van der Waals surface area contributed by atoms with Gasteiger partial charge in [0.2, 0.25) is 0 Å². The van der Waals surface area contributed by atoms with E-state index >= 15 is 0 Å². The first kappa shape index (κ1) is 28.4. The molecule has 0 saturated carbocycles. The van der Waals surface area contributed by atoms with E-state index in [1.807, 2.05) is 0 Å². The van der Waals surface area contributed by atoms with Crippen LogP contribution in [0.4, 0.5) is 0 Å². The van der Waals surface area contributed by atoms with Crippen LogP contribution >= 0.6 is 0 Å². The molecule has 0 atom stereocenters. The van der Waals surface area contributed by atoms with Gasteiger partial charge in [0.25, 0.3) is 0 Å². The molecule has 0 aliphatic carbocycles. The van der Waals surface area contributed by atoms with Crippen molar-refractivity contribution < 1.29 is 88.9 Å². The summed E-state index contributed by atoms with van der Waals surface area (Å²) in [5, 5.41) is 0. The van der Waals surface area contributed by atoms with E-state index in [2.05, 4.69) is 0 Å².